The molecule has 2 rings (SSSR count). The molecule has 2 saturated heterocycles. The first-order valence-corrected chi connectivity index (χ1v) is 8.61. The van der Waals surface area contributed by atoms with Crippen LogP contribution in [0.2, 0.25) is 0 Å². The first kappa shape index (κ1) is 15.7. The van der Waals surface area contributed by atoms with Gasteiger partial charge in [-0.3, -0.25) is 4.79 Å². The van der Waals surface area contributed by atoms with E-state index in [-0.39, 0.29) is 30.6 Å². The van der Waals surface area contributed by atoms with Gasteiger partial charge in [-0.1, -0.05) is 0 Å². The highest BCUT2D eigenvalue weighted by molar-refractivity contribution is 7.87. The fraction of sp³-hybridized carbons (Fsp3) is 0.917. The fourth-order valence-electron chi connectivity index (χ4n) is 2.85. The Bertz CT molecular complexity index is 454. The predicted octanol–water partition coefficient (Wildman–Crippen LogP) is -0.414. The number of nitrogens with zero attached hydrogens (tertiary/aromatic N) is 1. The van der Waals surface area contributed by atoms with Crippen LogP contribution in [0.1, 0.15) is 32.6 Å². The van der Waals surface area contributed by atoms with E-state index in [0.717, 1.165) is 32.2 Å². The van der Waals surface area contributed by atoms with E-state index in [1.165, 1.54) is 0 Å². The fourth-order valence-corrected chi connectivity index (χ4v) is 3.32. The molecule has 3 atom stereocenters. The minimum absolute atomic E-state index is 0.0367. The van der Waals surface area contributed by atoms with Crippen molar-refractivity contribution in [3.63, 3.8) is 0 Å². The van der Waals surface area contributed by atoms with E-state index in [4.69, 9.17) is 9.88 Å². The summed E-state index contributed by atoms with van der Waals surface area (Å²) in [7, 11) is -3.66. The third-order valence-corrected chi connectivity index (χ3v) is 4.48. The number of carbonyl (C=O) groups excluding carboxylic acids is 1. The zero-order valence-electron chi connectivity index (χ0n) is 11.7. The number of nitrogens with one attached hydrogen (secondary N) is 1. The van der Waals surface area contributed by atoms with Gasteiger partial charge in [0.15, 0.2) is 0 Å². The number of amides is 1. The van der Waals surface area contributed by atoms with Gasteiger partial charge in [0.05, 0.1) is 6.10 Å². The molecule has 0 aromatic carbocycles. The molecule has 0 aromatic heterocycles. The van der Waals surface area contributed by atoms with E-state index in [2.05, 4.69) is 4.72 Å². The quantitative estimate of drug-likeness (QED) is 0.737. The van der Waals surface area contributed by atoms with Crippen LogP contribution in [0.5, 0.6) is 0 Å². The molecule has 8 heteroatoms. The summed E-state index contributed by atoms with van der Waals surface area (Å²) in [6.07, 6.45) is 3.29. The average Bonchev–Trinajstić information content (AvgIpc) is 2.82. The van der Waals surface area contributed by atoms with E-state index < -0.39 is 10.2 Å². The van der Waals surface area contributed by atoms with E-state index in [0.29, 0.717) is 6.54 Å². The Labute approximate surface area is 120 Å². The molecule has 0 spiro atoms. The molecule has 0 bridgehead atoms. The second kappa shape index (κ2) is 6.38. The number of carbonyl (C=O) groups is 1. The first-order valence-electron chi connectivity index (χ1n) is 7.07. The molecule has 0 radical (unpaired) electrons. The van der Waals surface area contributed by atoms with Gasteiger partial charge in [0.25, 0.3) is 16.1 Å². The van der Waals surface area contributed by atoms with Crippen molar-refractivity contribution in [2.45, 2.75) is 44.8 Å². The molecule has 0 saturated carbocycles. The lowest BCUT2D eigenvalue weighted by atomic mass is 9.97. The number of rotatable bonds is 4. The van der Waals surface area contributed by atoms with Crippen molar-refractivity contribution in [1.82, 2.24) is 9.62 Å². The van der Waals surface area contributed by atoms with Gasteiger partial charge in [0, 0.05) is 19.6 Å². The zero-order chi connectivity index (χ0) is 14.8. The number of piperidine rings is 1. The highest BCUT2D eigenvalue weighted by Gasteiger charge is 2.33. The van der Waals surface area contributed by atoms with Crippen LogP contribution in [-0.4, -0.2) is 51.1 Å². The van der Waals surface area contributed by atoms with Crippen molar-refractivity contribution in [2.75, 3.05) is 19.6 Å². The Balaban J connectivity index is 1.85. The maximum absolute atomic E-state index is 12.3. The number of likely N-dealkylation sites (tertiary alicyclic amines) is 1. The first-order chi connectivity index (χ1) is 9.35. The van der Waals surface area contributed by atoms with Gasteiger partial charge in [-0.05, 0) is 38.5 Å². The smallest absolute Gasteiger partial charge is 0.274 e. The molecule has 7 nitrogen and oxygen atoms in total. The number of hydrogen-bond acceptors (Lipinski definition) is 4. The topological polar surface area (TPSA) is 102 Å². The summed E-state index contributed by atoms with van der Waals surface area (Å²) >= 11 is 0. The summed E-state index contributed by atoms with van der Waals surface area (Å²) in [5.74, 6) is 0.152. The summed E-state index contributed by atoms with van der Waals surface area (Å²) in [6, 6.07) is 0. The zero-order valence-corrected chi connectivity index (χ0v) is 12.6. The number of nitrogens with two attached hydrogens (primary N) is 1. The van der Waals surface area contributed by atoms with Gasteiger partial charge in [-0.2, -0.15) is 8.42 Å². The maximum Gasteiger partial charge on any atom is 0.274 e. The van der Waals surface area contributed by atoms with Crippen molar-refractivity contribution in [3.05, 3.63) is 0 Å². The van der Waals surface area contributed by atoms with Crippen LogP contribution in [-0.2, 0) is 19.7 Å². The van der Waals surface area contributed by atoms with Gasteiger partial charge in [-0.15, -0.1) is 0 Å². The van der Waals surface area contributed by atoms with Crippen molar-refractivity contribution < 1.29 is 17.9 Å². The minimum Gasteiger partial charge on any atom is -0.365 e. The van der Waals surface area contributed by atoms with Crippen LogP contribution in [0.3, 0.4) is 0 Å². The summed E-state index contributed by atoms with van der Waals surface area (Å²) in [6.45, 7) is 3.54. The van der Waals surface area contributed by atoms with Gasteiger partial charge in [0.2, 0.25) is 0 Å². The van der Waals surface area contributed by atoms with E-state index >= 15 is 0 Å². The van der Waals surface area contributed by atoms with Gasteiger partial charge >= 0.3 is 0 Å². The Morgan fingerprint density at radius 2 is 2.15 bits per heavy atom. The van der Waals surface area contributed by atoms with Crippen molar-refractivity contribution in [1.29, 1.82) is 0 Å². The summed E-state index contributed by atoms with van der Waals surface area (Å²) in [5, 5.41) is 4.92. The van der Waals surface area contributed by atoms with E-state index in [1.54, 1.807) is 4.90 Å². The summed E-state index contributed by atoms with van der Waals surface area (Å²) in [5.41, 5.74) is 0. The third kappa shape index (κ3) is 4.41. The van der Waals surface area contributed by atoms with Gasteiger partial charge in [-0.25, -0.2) is 9.86 Å². The summed E-state index contributed by atoms with van der Waals surface area (Å²) < 4.78 is 29.7. The lowest BCUT2D eigenvalue weighted by Gasteiger charge is -2.34. The van der Waals surface area contributed by atoms with Crippen LogP contribution in [0.4, 0.5) is 0 Å². The van der Waals surface area contributed by atoms with Gasteiger partial charge in [0.1, 0.15) is 6.10 Å². The molecule has 0 aliphatic carbocycles. The van der Waals surface area contributed by atoms with Crippen LogP contribution in [0, 0.1) is 5.92 Å². The van der Waals surface area contributed by atoms with Gasteiger partial charge < -0.3 is 9.64 Å². The number of hydrogen-bond donors (Lipinski definition) is 2. The highest BCUT2D eigenvalue weighted by Crippen LogP contribution is 2.23. The van der Waals surface area contributed by atoms with Crippen LogP contribution in [0.25, 0.3) is 0 Å². The third-order valence-electron chi connectivity index (χ3n) is 3.91. The Morgan fingerprint density at radius 1 is 1.40 bits per heavy atom. The largest absolute Gasteiger partial charge is 0.365 e. The molecule has 2 aliphatic rings. The van der Waals surface area contributed by atoms with E-state index in [1.807, 2.05) is 6.92 Å². The Morgan fingerprint density at radius 3 is 2.75 bits per heavy atom. The second-order valence-electron chi connectivity index (χ2n) is 5.70. The molecule has 1 amide bonds. The second-order valence-corrected chi connectivity index (χ2v) is 7.08. The molecule has 3 unspecified atom stereocenters. The van der Waals surface area contributed by atoms with Crippen molar-refractivity contribution in [2.24, 2.45) is 11.1 Å². The minimum atomic E-state index is -3.66. The van der Waals surface area contributed by atoms with Crippen LogP contribution >= 0.6 is 0 Å². The average molecular weight is 305 g/mol. The molecule has 20 heavy (non-hydrogen) atoms. The van der Waals surface area contributed by atoms with Crippen molar-refractivity contribution >= 4 is 16.1 Å². The molecule has 2 aliphatic heterocycles. The monoisotopic (exact) mass is 305 g/mol. The maximum atomic E-state index is 12.3. The molecule has 3 N–H and O–H groups in total. The number of ether oxygens (including phenoxy) is 1. The highest BCUT2D eigenvalue weighted by atomic mass is 32.2. The Kier molecular flexibility index (Phi) is 5.00. The van der Waals surface area contributed by atoms with Crippen LogP contribution in [0.15, 0.2) is 0 Å². The predicted molar refractivity (Wildman–Crippen MR) is 74.0 cm³/mol. The molecule has 2 heterocycles. The van der Waals surface area contributed by atoms with Crippen LogP contribution < -0.4 is 9.86 Å². The molecular formula is C12H23N3O4S. The van der Waals surface area contributed by atoms with E-state index in [9.17, 15) is 13.2 Å². The molecule has 2 fully saturated rings. The SMILES string of the molecule is CC1CCC(C(=O)N2CCCC(CNS(N)(=O)=O)C2)O1. The molecular weight excluding hydrogens is 282 g/mol. The lowest BCUT2D eigenvalue weighted by Crippen LogP contribution is -2.47. The standard InChI is InChI=1S/C12H23N3O4S/c1-9-4-5-11(19-9)12(16)15-6-2-3-10(8-15)7-14-20(13,17)18/h9-11,14H,2-8H2,1H3,(H2,13,17,18). The normalized spacial score (nSPS) is 31.5. The molecule has 116 valence electrons. The van der Waals surface area contributed by atoms with Crippen molar-refractivity contribution in [3.8, 4) is 0 Å². The summed E-state index contributed by atoms with van der Waals surface area (Å²) in [4.78, 5) is 14.1. The Hall–Kier alpha value is -0.700. The lowest BCUT2D eigenvalue weighted by molar-refractivity contribution is -0.144. The molecule has 0 aromatic rings.